The van der Waals surface area contributed by atoms with E-state index in [1.165, 1.54) is 17.0 Å². The summed E-state index contributed by atoms with van der Waals surface area (Å²) in [5, 5.41) is 11.7. The van der Waals surface area contributed by atoms with Crippen LogP contribution in [-0.4, -0.2) is 39.3 Å². The van der Waals surface area contributed by atoms with Crippen molar-refractivity contribution in [2.24, 2.45) is 10.9 Å². The summed E-state index contributed by atoms with van der Waals surface area (Å²) < 4.78 is 0. The van der Waals surface area contributed by atoms with Crippen LogP contribution in [0.5, 0.6) is 0 Å². The zero-order valence-electron chi connectivity index (χ0n) is 30.0. The summed E-state index contributed by atoms with van der Waals surface area (Å²) in [7, 11) is 0. The SMILES string of the molecule is Cc1nccc2ccccc12.NNC(=O)c1ccc(Cl)cc1.O=C(N/N=C/c1nccc2ccccc12)c1ccc(Cl)cc1.O=Cc1nccc2ccccc12. The average molecular weight is 781 g/mol. The Kier molecular flexibility index (Phi) is 14.8. The minimum absolute atomic E-state index is 0.298. The van der Waals surface area contributed by atoms with Crippen LogP contribution in [0, 0.1) is 6.92 Å². The Labute approximate surface area is 333 Å². The number of hydrogen-bond acceptors (Lipinski definition) is 8. The molecule has 0 atom stereocenters. The minimum atomic E-state index is -0.318. The molecule has 0 unspecified atom stereocenters. The predicted octanol–water partition coefficient (Wildman–Crippen LogP) is 9.19. The second-order valence-electron chi connectivity index (χ2n) is 11.8. The molecule has 0 bridgehead atoms. The highest BCUT2D eigenvalue weighted by Crippen LogP contribution is 2.17. The minimum Gasteiger partial charge on any atom is -0.296 e. The molecule has 3 aromatic heterocycles. The first-order valence-electron chi connectivity index (χ1n) is 17.1. The smallest absolute Gasteiger partial charge is 0.271 e. The maximum Gasteiger partial charge on any atom is 0.271 e. The molecule has 5 aromatic carbocycles. The Morgan fingerprint density at radius 3 is 1.50 bits per heavy atom. The van der Waals surface area contributed by atoms with E-state index in [4.69, 9.17) is 29.0 Å². The van der Waals surface area contributed by atoms with Gasteiger partial charge in [-0.15, -0.1) is 0 Å². The lowest BCUT2D eigenvalue weighted by molar-refractivity contribution is 0.0946. The molecule has 0 saturated carbocycles. The first-order chi connectivity index (χ1) is 27.3. The third kappa shape index (κ3) is 11.3. The van der Waals surface area contributed by atoms with Crippen molar-refractivity contribution in [2.75, 3.05) is 0 Å². The van der Waals surface area contributed by atoms with Crippen molar-refractivity contribution in [1.29, 1.82) is 0 Å². The number of pyridine rings is 3. The number of hydrazone groups is 1. The number of fused-ring (bicyclic) bond motifs is 3. The van der Waals surface area contributed by atoms with Crippen molar-refractivity contribution >= 4 is 79.8 Å². The molecule has 0 saturated heterocycles. The van der Waals surface area contributed by atoms with E-state index in [0.29, 0.717) is 32.6 Å². The van der Waals surface area contributed by atoms with Crippen LogP contribution in [0.25, 0.3) is 32.3 Å². The number of carbonyl (C=O) groups excluding carboxylic acids is 3. The van der Waals surface area contributed by atoms with E-state index in [1.807, 2.05) is 97.4 Å². The van der Waals surface area contributed by atoms with Crippen molar-refractivity contribution in [3.63, 3.8) is 0 Å². The molecule has 0 aliphatic carbocycles. The third-order valence-corrected chi connectivity index (χ3v) is 8.59. The highest BCUT2D eigenvalue weighted by atomic mass is 35.5. The van der Waals surface area contributed by atoms with Crippen LogP contribution in [-0.2, 0) is 0 Å². The maximum absolute atomic E-state index is 11.9. The number of carbonyl (C=O) groups is 3. The standard InChI is InChI=1S/C17H12ClN3O.C10H7NO.C10H9N.C7H7ClN2O/c18-14-7-5-13(6-8-14)17(22)21-20-11-16-15-4-2-1-3-12(15)9-10-19-16;12-7-10-9-4-2-1-3-8(9)5-6-11-10;1-8-10-5-3-2-4-9(10)6-7-11-8;8-6-3-1-5(2-4-6)7(11)10-9/h1-11H,(H,21,22);1-7H;2-7H,1H3;1-4H,9H2,(H,10,11)/b20-11+;;;. The topological polar surface area (TPSA) is 152 Å². The summed E-state index contributed by atoms with van der Waals surface area (Å²) in [6.45, 7) is 2.03. The van der Waals surface area contributed by atoms with Gasteiger partial charge in [-0.05, 0) is 89.8 Å². The fourth-order valence-corrected chi connectivity index (χ4v) is 5.51. The Bertz CT molecular complexity index is 2590. The fraction of sp³-hybridized carbons (Fsp3) is 0.0227. The number of aldehydes is 1. The molecule has 4 N–H and O–H groups in total. The highest BCUT2D eigenvalue weighted by Gasteiger charge is 2.04. The number of rotatable bonds is 5. The van der Waals surface area contributed by atoms with Gasteiger partial charge in [0.15, 0.2) is 6.29 Å². The normalized spacial score (nSPS) is 10.3. The summed E-state index contributed by atoms with van der Waals surface area (Å²) in [4.78, 5) is 45.8. The van der Waals surface area contributed by atoms with Crippen molar-refractivity contribution in [3.8, 4) is 0 Å². The second-order valence-corrected chi connectivity index (χ2v) is 12.6. The molecule has 12 heteroatoms. The quantitative estimate of drug-likeness (QED) is 0.0518. The average Bonchev–Trinajstić information content (AvgIpc) is 3.24. The second kappa shape index (κ2) is 20.6. The van der Waals surface area contributed by atoms with E-state index in [-0.39, 0.29) is 11.8 Å². The number of halogens is 2. The number of hydrogen-bond donors (Lipinski definition) is 3. The van der Waals surface area contributed by atoms with Gasteiger partial charge in [-0.2, -0.15) is 5.10 Å². The van der Waals surface area contributed by atoms with Gasteiger partial charge in [0.2, 0.25) is 0 Å². The van der Waals surface area contributed by atoms with E-state index in [1.54, 1.807) is 60.9 Å². The van der Waals surface area contributed by atoms with Gasteiger partial charge in [-0.1, -0.05) is 96.0 Å². The van der Waals surface area contributed by atoms with E-state index in [0.717, 1.165) is 33.5 Å². The van der Waals surface area contributed by atoms with Gasteiger partial charge >= 0.3 is 0 Å². The lowest BCUT2D eigenvalue weighted by Crippen LogP contribution is -2.29. The first-order valence-corrected chi connectivity index (χ1v) is 17.8. The molecule has 278 valence electrons. The molecule has 0 aliphatic heterocycles. The fourth-order valence-electron chi connectivity index (χ4n) is 5.26. The van der Waals surface area contributed by atoms with E-state index < -0.39 is 0 Å². The number of nitrogen functional groups attached to an aromatic ring is 1. The molecular formula is C44H35Cl2N7O3. The molecule has 8 aromatic rings. The molecule has 2 amide bonds. The van der Waals surface area contributed by atoms with Gasteiger partial charge in [0.25, 0.3) is 11.8 Å². The molecule has 0 spiro atoms. The maximum atomic E-state index is 11.9. The van der Waals surface area contributed by atoms with Crippen LogP contribution in [0.1, 0.15) is 42.6 Å². The van der Waals surface area contributed by atoms with Crippen LogP contribution in [0.4, 0.5) is 0 Å². The zero-order valence-corrected chi connectivity index (χ0v) is 31.5. The number of hydrazine groups is 1. The number of nitrogens with two attached hydrogens (primary N) is 1. The molecule has 56 heavy (non-hydrogen) atoms. The molecular weight excluding hydrogens is 745 g/mol. The molecule has 3 heterocycles. The molecule has 0 aliphatic rings. The van der Waals surface area contributed by atoms with Crippen molar-refractivity contribution < 1.29 is 14.4 Å². The van der Waals surface area contributed by atoms with Crippen molar-refractivity contribution in [2.45, 2.75) is 6.92 Å². The van der Waals surface area contributed by atoms with Gasteiger partial charge in [-0.3, -0.25) is 34.8 Å². The van der Waals surface area contributed by atoms with Crippen molar-refractivity contribution in [3.05, 3.63) is 196 Å². The summed E-state index contributed by atoms with van der Waals surface area (Å²) >= 11 is 11.4. The summed E-state index contributed by atoms with van der Waals surface area (Å²) in [5.74, 6) is 4.29. The van der Waals surface area contributed by atoms with Crippen LogP contribution in [0.2, 0.25) is 10.0 Å². The molecule has 0 radical (unpaired) electrons. The van der Waals surface area contributed by atoms with Gasteiger partial charge in [0.05, 0.1) is 11.9 Å². The van der Waals surface area contributed by atoms with Crippen LogP contribution < -0.4 is 16.7 Å². The lowest BCUT2D eigenvalue weighted by Gasteiger charge is -2.01. The summed E-state index contributed by atoms with van der Waals surface area (Å²) in [6, 6.07) is 42.8. The van der Waals surface area contributed by atoms with Crippen LogP contribution in [0.15, 0.2) is 163 Å². The number of benzene rings is 5. The number of nitrogens with one attached hydrogen (secondary N) is 2. The number of aromatic nitrogens is 3. The van der Waals surface area contributed by atoms with Gasteiger partial charge in [0, 0.05) is 61.6 Å². The van der Waals surface area contributed by atoms with E-state index >= 15 is 0 Å². The monoisotopic (exact) mass is 779 g/mol. The summed E-state index contributed by atoms with van der Waals surface area (Å²) in [5.41, 5.74) is 7.80. The van der Waals surface area contributed by atoms with E-state index in [9.17, 15) is 14.4 Å². The van der Waals surface area contributed by atoms with Crippen LogP contribution >= 0.6 is 23.2 Å². The lowest BCUT2D eigenvalue weighted by atomic mass is 10.1. The van der Waals surface area contributed by atoms with E-state index in [2.05, 4.69) is 37.6 Å². The van der Waals surface area contributed by atoms with Gasteiger partial charge in [0.1, 0.15) is 5.69 Å². The summed E-state index contributed by atoms with van der Waals surface area (Å²) in [6.07, 6.45) is 7.52. The number of amides is 2. The molecule has 10 nitrogen and oxygen atoms in total. The van der Waals surface area contributed by atoms with Gasteiger partial charge in [-0.25, -0.2) is 11.3 Å². The van der Waals surface area contributed by atoms with Gasteiger partial charge < -0.3 is 0 Å². The Balaban J connectivity index is 0.000000151. The first kappa shape index (κ1) is 40.3. The third-order valence-electron chi connectivity index (χ3n) is 8.09. The molecule has 0 fully saturated rings. The van der Waals surface area contributed by atoms with Crippen molar-refractivity contribution in [1.82, 2.24) is 25.8 Å². The number of nitrogens with zero attached hydrogens (tertiary/aromatic N) is 4. The highest BCUT2D eigenvalue weighted by molar-refractivity contribution is 6.31. The number of aryl methyl sites for hydroxylation is 1. The largest absolute Gasteiger partial charge is 0.296 e. The Hall–Kier alpha value is -6.85. The van der Waals surface area contributed by atoms with Crippen LogP contribution in [0.3, 0.4) is 0 Å². The Morgan fingerprint density at radius 1 is 0.571 bits per heavy atom. The zero-order chi connectivity index (χ0) is 39.7. The Morgan fingerprint density at radius 2 is 1.00 bits per heavy atom. The molecule has 8 rings (SSSR count). The predicted molar refractivity (Wildman–Crippen MR) is 225 cm³/mol.